The molecule has 1 aliphatic rings. The number of amides is 1. The average Bonchev–Trinajstić information content (AvgIpc) is 2.74. The van der Waals surface area contributed by atoms with Gasteiger partial charge >= 0.3 is 6.09 Å². The van der Waals surface area contributed by atoms with Crippen LogP contribution in [0.5, 0.6) is 0 Å². The molecule has 0 aromatic carbocycles. The Morgan fingerprint density at radius 3 is 2.84 bits per heavy atom. The maximum Gasteiger partial charge on any atom is 0.410 e. The van der Waals surface area contributed by atoms with Crippen LogP contribution in [0.4, 0.5) is 4.79 Å². The van der Waals surface area contributed by atoms with Gasteiger partial charge in [-0.2, -0.15) is 4.98 Å². The third kappa shape index (κ3) is 3.92. The van der Waals surface area contributed by atoms with E-state index in [9.17, 15) is 4.79 Å². The predicted octanol–water partition coefficient (Wildman–Crippen LogP) is 2.95. The quantitative estimate of drug-likeness (QED) is 0.791. The largest absolute Gasteiger partial charge is 0.444 e. The van der Waals surface area contributed by atoms with E-state index in [4.69, 9.17) is 9.26 Å². The van der Waals surface area contributed by atoms with Gasteiger partial charge in [-0.25, -0.2) is 4.79 Å². The number of halogens is 1. The van der Waals surface area contributed by atoms with Crippen molar-refractivity contribution in [3.8, 4) is 0 Å². The van der Waals surface area contributed by atoms with E-state index >= 15 is 0 Å². The molecule has 1 saturated heterocycles. The second kappa shape index (κ2) is 5.48. The van der Waals surface area contributed by atoms with E-state index in [1.807, 2.05) is 20.8 Å². The van der Waals surface area contributed by atoms with Crippen LogP contribution in [0, 0.1) is 0 Å². The summed E-state index contributed by atoms with van der Waals surface area (Å²) in [6, 6.07) is 0. The molecule has 1 aromatic heterocycles. The zero-order chi connectivity index (χ0) is 14.0. The van der Waals surface area contributed by atoms with Crippen LogP contribution in [0.3, 0.4) is 0 Å². The van der Waals surface area contributed by atoms with Crippen LogP contribution in [-0.2, 0) is 4.74 Å². The van der Waals surface area contributed by atoms with E-state index in [-0.39, 0.29) is 12.0 Å². The Morgan fingerprint density at radius 1 is 1.53 bits per heavy atom. The second-order valence-electron chi connectivity index (χ2n) is 5.67. The summed E-state index contributed by atoms with van der Waals surface area (Å²) in [5, 5.41) is 3.72. The van der Waals surface area contributed by atoms with Gasteiger partial charge in [-0.15, -0.1) is 0 Å². The number of nitrogens with zero attached hydrogens (tertiary/aromatic N) is 3. The van der Waals surface area contributed by atoms with Crippen LogP contribution in [0.25, 0.3) is 0 Å². The number of carbonyl (C=O) groups is 1. The van der Waals surface area contributed by atoms with E-state index in [1.165, 1.54) is 0 Å². The summed E-state index contributed by atoms with van der Waals surface area (Å²) in [7, 11) is 0. The Hall–Kier alpha value is -1.11. The molecule has 1 aliphatic heterocycles. The summed E-state index contributed by atoms with van der Waals surface area (Å²) in [6.07, 6.45) is 1.56. The summed E-state index contributed by atoms with van der Waals surface area (Å²) < 4.78 is 11.0. The Labute approximate surface area is 120 Å². The van der Waals surface area contributed by atoms with Crippen molar-refractivity contribution in [1.29, 1.82) is 0 Å². The van der Waals surface area contributed by atoms with Crippen molar-refractivity contribution in [2.75, 3.05) is 13.1 Å². The number of aromatic nitrogens is 2. The third-order valence-corrected chi connectivity index (χ3v) is 3.16. The lowest BCUT2D eigenvalue weighted by atomic mass is 9.98. The number of hydrogen-bond acceptors (Lipinski definition) is 5. The van der Waals surface area contributed by atoms with Gasteiger partial charge in [-0.05, 0) is 54.7 Å². The minimum atomic E-state index is -0.475. The van der Waals surface area contributed by atoms with Crippen molar-refractivity contribution in [2.24, 2.45) is 0 Å². The number of rotatable bonds is 1. The van der Waals surface area contributed by atoms with Crippen LogP contribution in [0.15, 0.2) is 9.26 Å². The first-order valence-electron chi connectivity index (χ1n) is 6.32. The highest BCUT2D eigenvalue weighted by atomic mass is 79.9. The molecule has 0 radical (unpaired) electrons. The van der Waals surface area contributed by atoms with E-state index < -0.39 is 5.60 Å². The summed E-state index contributed by atoms with van der Waals surface area (Å²) in [5.41, 5.74) is -0.475. The summed E-state index contributed by atoms with van der Waals surface area (Å²) in [6.45, 7) is 6.86. The molecule has 19 heavy (non-hydrogen) atoms. The van der Waals surface area contributed by atoms with Crippen LogP contribution in [-0.4, -0.2) is 39.8 Å². The first kappa shape index (κ1) is 14.3. The smallest absolute Gasteiger partial charge is 0.410 e. The molecule has 7 heteroatoms. The molecule has 0 N–H and O–H groups in total. The topological polar surface area (TPSA) is 68.5 Å². The van der Waals surface area contributed by atoms with E-state index in [0.29, 0.717) is 23.7 Å². The fourth-order valence-electron chi connectivity index (χ4n) is 2.05. The fraction of sp³-hybridized carbons (Fsp3) is 0.750. The van der Waals surface area contributed by atoms with Crippen molar-refractivity contribution in [1.82, 2.24) is 15.0 Å². The number of piperidine rings is 1. The molecule has 1 atom stereocenters. The highest BCUT2D eigenvalue weighted by Crippen LogP contribution is 2.27. The number of carbonyl (C=O) groups excluding carboxylic acids is 1. The SMILES string of the molecule is CC(C)(C)OC(=O)N1CCC[C@@H](c2nc(Br)no2)C1. The van der Waals surface area contributed by atoms with Gasteiger partial charge in [0.2, 0.25) is 10.6 Å². The van der Waals surface area contributed by atoms with Gasteiger partial charge < -0.3 is 14.2 Å². The Balaban J connectivity index is 1.99. The Bertz CT molecular complexity index is 455. The van der Waals surface area contributed by atoms with E-state index in [0.717, 1.165) is 12.8 Å². The maximum absolute atomic E-state index is 12.0. The molecule has 0 spiro atoms. The standard InChI is InChI=1S/C12H18BrN3O3/c1-12(2,3)18-11(17)16-6-4-5-8(7-16)9-14-10(13)15-19-9/h8H,4-7H2,1-3H3/t8-/m1/s1. The Morgan fingerprint density at radius 2 is 2.26 bits per heavy atom. The molecule has 2 heterocycles. The normalized spacial score (nSPS) is 20.4. The molecular formula is C12H18BrN3O3. The van der Waals surface area contributed by atoms with Crippen molar-refractivity contribution in [2.45, 2.75) is 45.1 Å². The molecule has 106 valence electrons. The minimum Gasteiger partial charge on any atom is -0.444 e. The zero-order valence-electron chi connectivity index (χ0n) is 11.4. The molecule has 1 fully saturated rings. The lowest BCUT2D eigenvalue weighted by molar-refractivity contribution is 0.0189. The molecular weight excluding hydrogens is 314 g/mol. The van der Waals surface area contributed by atoms with Gasteiger partial charge in [0.25, 0.3) is 0 Å². The van der Waals surface area contributed by atoms with Crippen LogP contribution in [0.2, 0.25) is 0 Å². The molecule has 0 saturated carbocycles. The monoisotopic (exact) mass is 331 g/mol. The van der Waals surface area contributed by atoms with Gasteiger partial charge in [0.15, 0.2) is 0 Å². The second-order valence-corrected chi connectivity index (χ2v) is 6.38. The molecule has 2 rings (SSSR count). The first-order chi connectivity index (χ1) is 8.85. The predicted molar refractivity (Wildman–Crippen MR) is 71.8 cm³/mol. The zero-order valence-corrected chi connectivity index (χ0v) is 12.9. The average molecular weight is 332 g/mol. The molecule has 1 aromatic rings. The summed E-state index contributed by atoms with van der Waals surface area (Å²) in [4.78, 5) is 17.9. The fourth-order valence-corrected chi connectivity index (χ4v) is 2.30. The van der Waals surface area contributed by atoms with E-state index in [1.54, 1.807) is 4.90 Å². The number of hydrogen-bond donors (Lipinski definition) is 0. The van der Waals surface area contributed by atoms with Crippen LogP contribution >= 0.6 is 15.9 Å². The summed E-state index contributed by atoms with van der Waals surface area (Å²) >= 11 is 3.16. The van der Waals surface area contributed by atoms with Gasteiger partial charge in [0, 0.05) is 13.1 Å². The molecule has 6 nitrogen and oxygen atoms in total. The van der Waals surface area contributed by atoms with Crippen LogP contribution in [0.1, 0.15) is 45.4 Å². The lowest BCUT2D eigenvalue weighted by Crippen LogP contribution is -2.42. The van der Waals surface area contributed by atoms with Gasteiger partial charge in [0.1, 0.15) is 5.60 Å². The highest BCUT2D eigenvalue weighted by Gasteiger charge is 2.30. The van der Waals surface area contributed by atoms with Gasteiger partial charge in [-0.1, -0.05) is 0 Å². The van der Waals surface area contributed by atoms with Crippen molar-refractivity contribution in [3.05, 3.63) is 10.6 Å². The molecule has 1 amide bonds. The van der Waals surface area contributed by atoms with Crippen LogP contribution < -0.4 is 0 Å². The maximum atomic E-state index is 12.0. The molecule has 0 unspecified atom stereocenters. The minimum absolute atomic E-state index is 0.0834. The van der Waals surface area contributed by atoms with Crippen molar-refractivity contribution < 1.29 is 14.1 Å². The highest BCUT2D eigenvalue weighted by molar-refractivity contribution is 9.10. The van der Waals surface area contributed by atoms with Gasteiger partial charge in [0.05, 0.1) is 5.92 Å². The molecule has 0 bridgehead atoms. The Kier molecular flexibility index (Phi) is 4.13. The first-order valence-corrected chi connectivity index (χ1v) is 7.11. The number of ether oxygens (including phenoxy) is 1. The summed E-state index contributed by atoms with van der Waals surface area (Å²) in [5.74, 6) is 0.653. The van der Waals surface area contributed by atoms with Gasteiger partial charge in [-0.3, -0.25) is 0 Å². The third-order valence-electron chi connectivity index (χ3n) is 2.84. The van der Waals surface area contributed by atoms with Crippen molar-refractivity contribution in [3.63, 3.8) is 0 Å². The molecule has 0 aliphatic carbocycles. The lowest BCUT2D eigenvalue weighted by Gasteiger charge is -2.32. The van der Waals surface area contributed by atoms with E-state index in [2.05, 4.69) is 26.1 Å². The van der Waals surface area contributed by atoms with Crippen molar-refractivity contribution >= 4 is 22.0 Å². The number of likely N-dealkylation sites (tertiary alicyclic amines) is 1.